The van der Waals surface area contributed by atoms with Crippen molar-refractivity contribution >= 4 is 34.9 Å². The van der Waals surface area contributed by atoms with Crippen molar-refractivity contribution in [3.05, 3.63) is 156 Å². The normalized spacial score (nSPS) is 19.9. The van der Waals surface area contributed by atoms with Crippen LogP contribution in [0.25, 0.3) is 22.7 Å². The van der Waals surface area contributed by atoms with Gasteiger partial charge in [-0.05, 0) is 118 Å². The monoisotopic (exact) mass is 726 g/mol. The molecule has 0 radical (unpaired) electrons. The molecule has 1 saturated carbocycles. The zero-order valence-corrected chi connectivity index (χ0v) is 32.8. The Morgan fingerprint density at radius 1 is 1.07 bits per heavy atom. The smallest absolute Gasteiger partial charge is 0.158 e. The molecule has 2 aromatic carbocycles. The summed E-state index contributed by atoms with van der Waals surface area (Å²) in [5, 5.41) is 1.12. The quantitative estimate of drug-likeness (QED) is 0.0814. The average Bonchev–Trinajstić information content (AvgIpc) is 3.97. The summed E-state index contributed by atoms with van der Waals surface area (Å²) in [6, 6.07) is 23.7. The van der Waals surface area contributed by atoms with Crippen molar-refractivity contribution in [3.8, 4) is 5.69 Å². The highest BCUT2D eigenvalue weighted by Gasteiger charge is 2.33. The Hall–Kier alpha value is -5.67. The van der Waals surface area contributed by atoms with Crippen LogP contribution in [0.3, 0.4) is 0 Å². The van der Waals surface area contributed by atoms with E-state index in [1.807, 2.05) is 19.2 Å². The number of amidine groups is 2. The highest BCUT2D eigenvalue weighted by Crippen LogP contribution is 2.38. The molecule has 0 amide bonds. The lowest BCUT2D eigenvalue weighted by Crippen LogP contribution is -2.30. The van der Waals surface area contributed by atoms with E-state index in [2.05, 4.69) is 151 Å². The molecule has 3 aliphatic rings. The van der Waals surface area contributed by atoms with Crippen molar-refractivity contribution in [1.82, 2.24) is 14.0 Å². The van der Waals surface area contributed by atoms with E-state index in [-0.39, 0.29) is 12.0 Å². The van der Waals surface area contributed by atoms with Crippen LogP contribution in [0.4, 0.5) is 0 Å². The Labute approximate surface area is 328 Å². The lowest BCUT2D eigenvalue weighted by atomic mass is 9.83. The molecule has 7 rings (SSSR count). The molecule has 0 N–H and O–H groups in total. The van der Waals surface area contributed by atoms with Gasteiger partial charge in [0.1, 0.15) is 11.4 Å². The maximum Gasteiger partial charge on any atom is 0.158 e. The number of fused-ring (bicyclic) bond motifs is 2. The molecule has 0 bridgehead atoms. The molecule has 3 atom stereocenters. The number of hydrogen-bond donors (Lipinski definition) is 0. The zero-order valence-electron chi connectivity index (χ0n) is 32.8. The summed E-state index contributed by atoms with van der Waals surface area (Å²) in [4.78, 5) is 17.9. The lowest BCUT2D eigenvalue weighted by Gasteiger charge is -2.34. The Bertz CT molecular complexity index is 2230. The first-order valence-electron chi connectivity index (χ1n) is 20.0. The summed E-state index contributed by atoms with van der Waals surface area (Å²) in [7, 11) is 1.84. The molecule has 2 unspecified atom stereocenters. The number of benzene rings is 1. The number of hydrogen-bond acceptors (Lipinski definition) is 2. The van der Waals surface area contributed by atoms with Gasteiger partial charge in [-0.1, -0.05) is 86.2 Å². The van der Waals surface area contributed by atoms with E-state index in [4.69, 9.17) is 15.0 Å². The molecule has 55 heavy (non-hydrogen) atoms. The van der Waals surface area contributed by atoms with E-state index in [9.17, 15) is 0 Å². The summed E-state index contributed by atoms with van der Waals surface area (Å²) < 4.78 is 4.71. The fourth-order valence-corrected chi connectivity index (χ4v) is 8.52. The van der Waals surface area contributed by atoms with Crippen LogP contribution in [0.1, 0.15) is 88.1 Å². The summed E-state index contributed by atoms with van der Waals surface area (Å²) >= 11 is 0. The Morgan fingerprint density at radius 3 is 2.80 bits per heavy atom. The molecular formula is C49H54N6. The number of allylic oxidation sites excluding steroid dienone is 6. The molecule has 1 aliphatic heterocycles. The van der Waals surface area contributed by atoms with Gasteiger partial charge >= 0.3 is 0 Å². The topological polar surface area (TPSA) is 50.2 Å². The van der Waals surface area contributed by atoms with Gasteiger partial charge in [0.05, 0.1) is 5.69 Å². The van der Waals surface area contributed by atoms with E-state index in [1.165, 1.54) is 28.9 Å². The van der Waals surface area contributed by atoms with Crippen LogP contribution >= 0.6 is 0 Å². The standard InChI is InChI=1S/C49H54N6/c1-6-17-43-38(7-2)29-33-53(43)37(4)28-27-36(3)18-16-32-51-49(42-22-11-15-26-47(42)55-35-31-40-20-9-13-24-45(40)55)52-48(50-5)41-21-10-14-25-46(41)54-34-30-39-19-8-12-23-44(39)54/h6-10,14,17,19-21,25,27-28,30-32,34-35,37,42,47H,2-3,11,13,15-16,18,22,24,26,29,33H2,1,4-5H3/b17-6-,28-27-,50-48?,51-32?,52-49?/t37?,42-,47?/m0/s1. The van der Waals surface area contributed by atoms with Crippen molar-refractivity contribution in [2.75, 3.05) is 13.6 Å². The van der Waals surface area contributed by atoms with E-state index >= 15 is 0 Å². The van der Waals surface area contributed by atoms with Gasteiger partial charge in [0.2, 0.25) is 0 Å². The molecule has 4 aromatic rings. The van der Waals surface area contributed by atoms with Gasteiger partial charge < -0.3 is 14.0 Å². The summed E-state index contributed by atoms with van der Waals surface area (Å²) in [6.07, 6.45) is 31.1. The first kappa shape index (κ1) is 37.6. The average molecular weight is 727 g/mol. The van der Waals surface area contributed by atoms with Crippen LogP contribution in [0.5, 0.6) is 0 Å². The lowest BCUT2D eigenvalue weighted by molar-refractivity contribution is 0.293. The summed E-state index contributed by atoms with van der Waals surface area (Å²) in [5.74, 6) is 1.70. The maximum atomic E-state index is 5.42. The zero-order chi connectivity index (χ0) is 38.1. The van der Waals surface area contributed by atoms with Crippen molar-refractivity contribution in [1.29, 1.82) is 0 Å². The first-order chi connectivity index (χ1) is 27.0. The molecule has 280 valence electrons. The third-order valence-corrected chi connectivity index (χ3v) is 11.4. The molecule has 6 nitrogen and oxygen atoms in total. The van der Waals surface area contributed by atoms with Gasteiger partial charge in [-0.15, -0.1) is 0 Å². The van der Waals surface area contributed by atoms with Crippen molar-refractivity contribution in [2.24, 2.45) is 20.9 Å². The predicted octanol–water partition coefficient (Wildman–Crippen LogP) is 11.3. The van der Waals surface area contributed by atoms with E-state index < -0.39 is 0 Å². The number of nitrogens with zero attached hydrogens (tertiary/aromatic N) is 6. The third kappa shape index (κ3) is 8.22. The molecule has 0 spiro atoms. The number of rotatable bonds is 12. The van der Waals surface area contributed by atoms with Crippen molar-refractivity contribution in [3.63, 3.8) is 0 Å². The molecule has 2 aromatic heterocycles. The van der Waals surface area contributed by atoms with Gasteiger partial charge in [-0.2, -0.15) is 0 Å². The second kappa shape index (κ2) is 17.6. The third-order valence-electron chi connectivity index (χ3n) is 11.4. The van der Waals surface area contributed by atoms with Crippen LogP contribution in [0.2, 0.25) is 0 Å². The molecular weight excluding hydrogens is 673 g/mol. The Balaban J connectivity index is 1.16. The Morgan fingerprint density at radius 2 is 1.95 bits per heavy atom. The second-order valence-corrected chi connectivity index (χ2v) is 14.8. The maximum absolute atomic E-state index is 5.42. The summed E-state index contributed by atoms with van der Waals surface area (Å²) in [5.41, 5.74) is 9.40. The SMILES string of the molecule is C=CC1=C(/C=C\C)N(C(C)/C=C\C(=C)CCC=NC(=NC(=NC)c2ccccc2-n2ccc3ccc#cc32)[C@H]2CCCCC2n2ccc3c2CCC=C3)CC1. The minimum atomic E-state index is 0.163. The Kier molecular flexibility index (Phi) is 12.1. The largest absolute Gasteiger partial charge is 0.365 e. The van der Waals surface area contributed by atoms with Crippen LogP contribution in [0.15, 0.2) is 142 Å². The second-order valence-electron chi connectivity index (χ2n) is 14.8. The highest BCUT2D eigenvalue weighted by atomic mass is 15.2. The number of para-hydroxylation sites is 1. The minimum Gasteiger partial charge on any atom is -0.365 e. The number of aromatic nitrogens is 2. The number of aliphatic imine (C=N–C) groups is 3. The van der Waals surface area contributed by atoms with E-state index in [0.29, 0.717) is 11.9 Å². The minimum absolute atomic E-state index is 0.163. The van der Waals surface area contributed by atoms with Gasteiger partial charge in [-0.25, -0.2) is 9.98 Å². The van der Waals surface area contributed by atoms with Crippen LogP contribution in [-0.2, 0) is 6.42 Å². The summed E-state index contributed by atoms with van der Waals surface area (Å²) in [6.45, 7) is 13.8. The van der Waals surface area contributed by atoms with E-state index in [1.54, 1.807) is 0 Å². The van der Waals surface area contributed by atoms with Gasteiger partial charge in [0, 0.05) is 72.5 Å². The highest BCUT2D eigenvalue weighted by molar-refractivity contribution is 6.10. The van der Waals surface area contributed by atoms with Gasteiger partial charge in [-0.3, -0.25) is 4.99 Å². The molecule has 3 heterocycles. The molecule has 1 fully saturated rings. The first-order valence-corrected chi connectivity index (χ1v) is 20.0. The molecule has 0 saturated heterocycles. The van der Waals surface area contributed by atoms with Crippen LogP contribution in [-0.4, -0.2) is 51.6 Å². The molecule has 6 heteroatoms. The van der Waals surface area contributed by atoms with Crippen molar-refractivity contribution < 1.29 is 0 Å². The van der Waals surface area contributed by atoms with Gasteiger partial charge in [0.15, 0.2) is 5.84 Å². The fourth-order valence-electron chi connectivity index (χ4n) is 8.52. The molecule has 2 aliphatic carbocycles. The van der Waals surface area contributed by atoms with Crippen LogP contribution in [0, 0.1) is 18.1 Å². The predicted molar refractivity (Wildman–Crippen MR) is 232 cm³/mol. The van der Waals surface area contributed by atoms with Gasteiger partial charge in [0.25, 0.3) is 0 Å². The van der Waals surface area contributed by atoms with Crippen LogP contribution < -0.4 is 0 Å². The van der Waals surface area contributed by atoms with E-state index in [0.717, 1.165) is 91.5 Å². The fraction of sp³-hybridized carbons (Fsp3) is 0.327. The van der Waals surface area contributed by atoms with Crippen molar-refractivity contribution in [2.45, 2.75) is 83.7 Å².